The van der Waals surface area contributed by atoms with E-state index in [9.17, 15) is 14.7 Å². The second kappa shape index (κ2) is 15.6. The fourth-order valence-corrected chi connectivity index (χ4v) is 7.75. The van der Waals surface area contributed by atoms with Crippen LogP contribution in [0.2, 0.25) is 0 Å². The highest BCUT2D eigenvalue weighted by molar-refractivity contribution is 6.04. The minimum atomic E-state index is -1.39. The maximum absolute atomic E-state index is 14.2. The topological polar surface area (TPSA) is 101 Å². The number of methoxy groups -OCH3 is 1. The molecule has 0 unspecified atom stereocenters. The van der Waals surface area contributed by atoms with Crippen LogP contribution in [0.15, 0.2) is 0 Å². The fraction of sp³-hybridized carbons (Fsp3) is 0.941. The van der Waals surface area contributed by atoms with E-state index in [0.29, 0.717) is 18.9 Å². The maximum Gasteiger partial charge on any atom is 0.319 e. The highest BCUT2D eigenvalue weighted by Crippen LogP contribution is 2.38. The minimum absolute atomic E-state index is 0.0412. The van der Waals surface area contributed by atoms with Gasteiger partial charge in [-0.2, -0.15) is 0 Å². The maximum atomic E-state index is 14.2. The van der Waals surface area contributed by atoms with Gasteiger partial charge >= 0.3 is 5.97 Å². The van der Waals surface area contributed by atoms with E-state index in [1.807, 2.05) is 32.8 Å². The van der Waals surface area contributed by atoms with E-state index < -0.39 is 41.4 Å². The number of carbonyl (C=O) groups is 2. The third kappa shape index (κ3) is 8.81. The number of ether oxygens (including phenoxy) is 4. The van der Waals surface area contributed by atoms with E-state index >= 15 is 0 Å². The molecule has 10 heteroatoms. The molecule has 0 radical (unpaired) electrons. The predicted molar refractivity (Wildman–Crippen MR) is 171 cm³/mol. The standard InChI is InChI=1S/C34H63N3O7/c1-22-19-34(7,41-11)30(44-31-28(38)27(35(8)9)18-24(3)43-31)25(4)29(39)33(5,6)32(40)42-21-26(36(10)20-22)15-13-17-37-16-12-14-23(37)2/h22-28,30-31,38H,12-21H2,1-11H3/t22-,23+,24-,25+,26+,27+,28-,30-,31+,34-/m1/s1. The first-order valence-electron chi connectivity index (χ1n) is 16.9. The number of aliphatic hydroxyl groups is 1. The minimum Gasteiger partial charge on any atom is -0.463 e. The lowest BCUT2D eigenvalue weighted by molar-refractivity contribution is -0.295. The molecular weight excluding hydrogens is 562 g/mol. The summed E-state index contributed by atoms with van der Waals surface area (Å²) in [7, 11) is 7.60. The van der Waals surface area contributed by atoms with E-state index in [4.69, 9.17) is 18.9 Å². The number of nitrogens with zero attached hydrogens (tertiary/aromatic N) is 3. The van der Waals surface area contributed by atoms with E-state index in [-0.39, 0.29) is 36.5 Å². The molecule has 0 saturated carbocycles. The zero-order valence-electron chi connectivity index (χ0n) is 29.5. The number of rotatable bonds is 8. The van der Waals surface area contributed by atoms with Crippen LogP contribution in [0.1, 0.15) is 87.0 Å². The smallest absolute Gasteiger partial charge is 0.319 e. The molecule has 0 aromatic rings. The van der Waals surface area contributed by atoms with Gasteiger partial charge in [-0.25, -0.2) is 0 Å². The van der Waals surface area contributed by atoms with Crippen molar-refractivity contribution in [2.75, 3.05) is 54.5 Å². The van der Waals surface area contributed by atoms with Crippen LogP contribution in [0.3, 0.4) is 0 Å². The van der Waals surface area contributed by atoms with Crippen molar-refractivity contribution in [1.82, 2.24) is 14.7 Å². The van der Waals surface area contributed by atoms with Crippen LogP contribution in [-0.2, 0) is 28.5 Å². The molecule has 0 aliphatic carbocycles. The highest BCUT2D eigenvalue weighted by Gasteiger charge is 2.51. The summed E-state index contributed by atoms with van der Waals surface area (Å²) in [6.07, 6.45) is 2.91. The Balaban J connectivity index is 1.89. The monoisotopic (exact) mass is 625 g/mol. The first kappa shape index (κ1) is 37.3. The van der Waals surface area contributed by atoms with Crippen molar-refractivity contribution in [3.05, 3.63) is 0 Å². The van der Waals surface area contributed by atoms with Crippen molar-refractivity contribution in [3.63, 3.8) is 0 Å². The van der Waals surface area contributed by atoms with E-state index in [1.165, 1.54) is 12.8 Å². The van der Waals surface area contributed by atoms with Crippen molar-refractivity contribution in [1.29, 1.82) is 0 Å². The third-order valence-electron chi connectivity index (χ3n) is 10.7. The van der Waals surface area contributed by atoms with Crippen LogP contribution < -0.4 is 0 Å². The molecule has 0 spiro atoms. The quantitative estimate of drug-likeness (QED) is 0.318. The summed E-state index contributed by atoms with van der Waals surface area (Å²) < 4.78 is 24.9. The van der Waals surface area contributed by atoms with Gasteiger partial charge in [0.25, 0.3) is 0 Å². The summed E-state index contributed by atoms with van der Waals surface area (Å²) in [6.45, 7) is 16.7. The van der Waals surface area contributed by atoms with Gasteiger partial charge in [-0.05, 0) is 113 Å². The van der Waals surface area contributed by atoms with Crippen molar-refractivity contribution in [2.24, 2.45) is 17.3 Å². The predicted octanol–water partition coefficient (Wildman–Crippen LogP) is 3.58. The van der Waals surface area contributed by atoms with Gasteiger partial charge in [-0.3, -0.25) is 14.5 Å². The molecule has 0 amide bonds. The van der Waals surface area contributed by atoms with Gasteiger partial charge in [0, 0.05) is 37.7 Å². The molecular formula is C34H63N3O7. The fourth-order valence-electron chi connectivity index (χ4n) is 7.75. The lowest BCUT2D eigenvalue weighted by atomic mass is 9.74. The highest BCUT2D eigenvalue weighted by atomic mass is 16.7. The van der Waals surface area contributed by atoms with E-state index in [1.54, 1.807) is 27.9 Å². The second-order valence-corrected chi connectivity index (χ2v) is 15.1. The summed E-state index contributed by atoms with van der Waals surface area (Å²) in [6, 6.07) is 0.501. The SMILES string of the molecule is CO[C@]1(C)C[C@@H](C)CN(C)[C@@H](CCCN2CCC[C@@H]2C)COC(=O)C(C)(C)C(=O)[C@H](C)[C@H]1O[C@@H]1O[C@H](C)C[C@H](N(C)C)[C@H]1O. The molecule has 3 rings (SSSR count). The van der Waals surface area contributed by atoms with Crippen LogP contribution in [0.4, 0.5) is 0 Å². The summed E-state index contributed by atoms with van der Waals surface area (Å²) in [5, 5.41) is 11.3. The Kier molecular flexibility index (Phi) is 13.3. The van der Waals surface area contributed by atoms with Crippen molar-refractivity contribution < 1.29 is 33.6 Å². The molecule has 3 fully saturated rings. The lowest BCUT2D eigenvalue weighted by Crippen LogP contribution is -2.59. The summed E-state index contributed by atoms with van der Waals surface area (Å²) in [4.78, 5) is 34.6. The van der Waals surface area contributed by atoms with Gasteiger partial charge in [0.2, 0.25) is 0 Å². The van der Waals surface area contributed by atoms with Crippen LogP contribution >= 0.6 is 0 Å². The molecule has 3 heterocycles. The number of ketones is 1. The summed E-state index contributed by atoms with van der Waals surface area (Å²) in [5.74, 6) is -1.37. The Morgan fingerprint density at radius 3 is 2.39 bits per heavy atom. The molecule has 44 heavy (non-hydrogen) atoms. The molecule has 10 atom stereocenters. The lowest BCUT2D eigenvalue weighted by Gasteiger charge is -2.47. The van der Waals surface area contributed by atoms with Crippen LogP contribution in [-0.4, -0.2) is 134 Å². The van der Waals surface area contributed by atoms with Crippen LogP contribution in [0.25, 0.3) is 0 Å². The normalized spacial score (nSPS) is 40.3. The zero-order chi connectivity index (χ0) is 33.0. The molecule has 0 bridgehead atoms. The van der Waals surface area contributed by atoms with Crippen molar-refractivity contribution in [2.45, 2.75) is 135 Å². The summed E-state index contributed by atoms with van der Waals surface area (Å²) >= 11 is 0. The van der Waals surface area contributed by atoms with Gasteiger partial charge < -0.3 is 33.9 Å². The van der Waals surface area contributed by atoms with E-state index in [2.05, 4.69) is 30.7 Å². The molecule has 1 N–H and O–H groups in total. The van der Waals surface area contributed by atoms with Gasteiger partial charge in [-0.1, -0.05) is 13.8 Å². The average Bonchev–Trinajstić information content (AvgIpc) is 3.37. The summed E-state index contributed by atoms with van der Waals surface area (Å²) in [5.41, 5.74) is -2.29. The van der Waals surface area contributed by atoms with Crippen molar-refractivity contribution in [3.8, 4) is 0 Å². The number of aliphatic hydroxyl groups excluding tert-OH is 1. The van der Waals surface area contributed by atoms with Gasteiger partial charge in [0.1, 0.15) is 18.1 Å². The molecule has 3 saturated heterocycles. The molecule has 0 aromatic carbocycles. The second-order valence-electron chi connectivity index (χ2n) is 15.1. The Morgan fingerprint density at radius 2 is 1.80 bits per heavy atom. The molecule has 3 aliphatic rings. The number of Topliss-reactive ketones (excluding diaryl/α,β-unsaturated/α-hetero) is 1. The van der Waals surface area contributed by atoms with Crippen LogP contribution in [0.5, 0.6) is 0 Å². The third-order valence-corrected chi connectivity index (χ3v) is 10.7. The number of hydrogen-bond acceptors (Lipinski definition) is 10. The number of likely N-dealkylation sites (N-methyl/N-ethyl adjacent to an activating group) is 2. The molecule has 3 aliphatic heterocycles. The Hall–Kier alpha value is -1.14. The van der Waals surface area contributed by atoms with Crippen LogP contribution in [0, 0.1) is 17.3 Å². The number of likely N-dealkylation sites (tertiary alicyclic amines) is 1. The number of cyclic esters (lactones) is 1. The Labute approximate surface area is 267 Å². The number of hydrogen-bond donors (Lipinski definition) is 1. The van der Waals surface area contributed by atoms with Gasteiger partial charge in [0.05, 0.1) is 17.8 Å². The van der Waals surface area contributed by atoms with Gasteiger partial charge in [-0.15, -0.1) is 0 Å². The first-order chi connectivity index (χ1) is 20.5. The van der Waals surface area contributed by atoms with Crippen molar-refractivity contribution >= 4 is 11.8 Å². The number of esters is 1. The Morgan fingerprint density at radius 1 is 1.11 bits per heavy atom. The number of carbonyl (C=O) groups excluding carboxylic acids is 2. The first-order valence-corrected chi connectivity index (χ1v) is 16.9. The molecule has 256 valence electrons. The molecule has 10 nitrogen and oxygen atoms in total. The van der Waals surface area contributed by atoms with Gasteiger partial charge in [0.15, 0.2) is 12.1 Å². The zero-order valence-corrected chi connectivity index (χ0v) is 29.5. The largest absolute Gasteiger partial charge is 0.463 e. The van der Waals surface area contributed by atoms with E-state index in [0.717, 1.165) is 32.5 Å². The Bertz CT molecular complexity index is 948. The molecule has 0 aromatic heterocycles. The average molecular weight is 626 g/mol.